The molecule has 1 aliphatic heterocycles. The summed E-state index contributed by atoms with van der Waals surface area (Å²) in [5.41, 5.74) is 8.48. The first-order valence-corrected chi connectivity index (χ1v) is 13.9. The van der Waals surface area contributed by atoms with Crippen molar-refractivity contribution in [3.05, 3.63) is 68.3 Å². The second-order valence-corrected chi connectivity index (χ2v) is 11.5. The summed E-state index contributed by atoms with van der Waals surface area (Å²) in [7, 11) is 0. The molecule has 0 saturated heterocycles. The van der Waals surface area contributed by atoms with Gasteiger partial charge in [-0.3, -0.25) is 14.5 Å². The van der Waals surface area contributed by atoms with Crippen molar-refractivity contribution in [2.45, 2.75) is 36.4 Å². The molecule has 1 amide bonds. The lowest BCUT2D eigenvalue weighted by Crippen LogP contribution is -2.38. The van der Waals surface area contributed by atoms with Crippen LogP contribution in [0.4, 0.5) is 10.9 Å². The van der Waals surface area contributed by atoms with Gasteiger partial charge in [0.15, 0.2) is 15.9 Å². The van der Waals surface area contributed by atoms with E-state index >= 15 is 0 Å². The zero-order valence-electron chi connectivity index (χ0n) is 19.8. The van der Waals surface area contributed by atoms with E-state index in [1.54, 1.807) is 36.1 Å². The van der Waals surface area contributed by atoms with E-state index in [1.807, 2.05) is 0 Å². The smallest absolute Gasteiger partial charge is 0.236 e. The highest BCUT2D eigenvalue weighted by molar-refractivity contribution is 8.01. The number of hydrogen-bond acceptors (Lipinski definition) is 11. The molecule has 38 heavy (non-hydrogen) atoms. The number of nitrogens with zero attached hydrogens (tertiary/aromatic N) is 5. The minimum atomic E-state index is -0.713. The van der Waals surface area contributed by atoms with E-state index in [1.165, 1.54) is 23.1 Å². The van der Waals surface area contributed by atoms with Crippen LogP contribution in [-0.2, 0) is 9.59 Å². The fourth-order valence-corrected chi connectivity index (χ4v) is 6.63. The van der Waals surface area contributed by atoms with Crippen LogP contribution in [-0.4, -0.2) is 32.8 Å². The number of rotatable bonds is 6. The van der Waals surface area contributed by atoms with E-state index in [0.717, 1.165) is 0 Å². The van der Waals surface area contributed by atoms with Crippen molar-refractivity contribution in [1.29, 1.82) is 5.26 Å². The Bertz CT molecular complexity index is 1560. The fraction of sp³-hybridized carbons (Fsp3) is 0.250. The zero-order valence-corrected chi connectivity index (χ0v) is 23.0. The lowest BCUT2D eigenvalue weighted by molar-refractivity contribution is -0.116. The Labute approximate surface area is 235 Å². The minimum Gasteiger partial charge on any atom is -0.384 e. The molecule has 0 bridgehead atoms. The zero-order chi connectivity index (χ0) is 27.0. The van der Waals surface area contributed by atoms with Crippen LogP contribution in [0, 0.1) is 18.3 Å². The summed E-state index contributed by atoms with van der Waals surface area (Å²) >= 11 is 15.0. The molecule has 3 heterocycles. The van der Waals surface area contributed by atoms with Crippen LogP contribution in [0.1, 0.15) is 36.5 Å². The molecule has 1 aliphatic carbocycles. The Balaban J connectivity index is 1.45. The Morgan fingerprint density at radius 1 is 1.34 bits per heavy atom. The highest BCUT2D eigenvalue weighted by Crippen LogP contribution is 2.48. The molecule has 194 valence electrons. The predicted molar refractivity (Wildman–Crippen MR) is 145 cm³/mol. The number of allylic oxidation sites excluding steroid dienone is 3. The first-order chi connectivity index (χ1) is 18.3. The molecule has 0 fully saturated rings. The highest BCUT2D eigenvalue weighted by atomic mass is 35.5. The number of thioether (sulfide) groups is 1. The number of nitrogens with two attached hydrogens (primary N) is 1. The van der Waals surface area contributed by atoms with Crippen LogP contribution >= 0.6 is 46.3 Å². The van der Waals surface area contributed by atoms with Gasteiger partial charge in [-0.2, -0.15) is 5.26 Å². The maximum atomic E-state index is 13.3. The van der Waals surface area contributed by atoms with Crippen molar-refractivity contribution < 1.29 is 14.1 Å². The summed E-state index contributed by atoms with van der Waals surface area (Å²) in [5.74, 6) is 0.0670. The van der Waals surface area contributed by atoms with Crippen LogP contribution in [0.2, 0.25) is 10.0 Å². The maximum Gasteiger partial charge on any atom is 0.236 e. The number of carbonyl (C=O) groups excluding carboxylic acids is 2. The minimum absolute atomic E-state index is 0.0683. The third kappa shape index (κ3) is 5.02. The fourth-order valence-electron chi connectivity index (χ4n) is 4.43. The Morgan fingerprint density at radius 2 is 2.16 bits per heavy atom. The molecule has 1 aromatic carbocycles. The lowest BCUT2D eigenvalue weighted by atomic mass is 9.76. The number of Topliss-reactive ketones (excluding diaryl/α,β-unsaturated/α-hetero) is 1. The van der Waals surface area contributed by atoms with Crippen molar-refractivity contribution in [2.24, 2.45) is 5.73 Å². The molecular formula is C24H19Cl2N7O3S2. The van der Waals surface area contributed by atoms with E-state index in [4.69, 9.17) is 33.5 Å². The number of anilines is 2. The van der Waals surface area contributed by atoms with Crippen LogP contribution in [0.25, 0.3) is 0 Å². The molecule has 0 radical (unpaired) electrons. The van der Waals surface area contributed by atoms with Crippen LogP contribution in [0.3, 0.4) is 0 Å². The monoisotopic (exact) mass is 587 g/mol. The van der Waals surface area contributed by atoms with Crippen LogP contribution in [0.5, 0.6) is 0 Å². The molecule has 1 atom stereocenters. The van der Waals surface area contributed by atoms with Gasteiger partial charge in [-0.25, -0.2) is 0 Å². The molecule has 1 unspecified atom stereocenters. The number of benzene rings is 1. The Hall–Kier alpha value is -3.37. The molecule has 5 rings (SSSR count). The summed E-state index contributed by atoms with van der Waals surface area (Å²) in [6.07, 6.45) is 1.54. The van der Waals surface area contributed by atoms with E-state index in [-0.39, 0.29) is 28.8 Å². The van der Waals surface area contributed by atoms with Gasteiger partial charge < -0.3 is 15.6 Å². The van der Waals surface area contributed by atoms with Gasteiger partial charge in [0.25, 0.3) is 0 Å². The summed E-state index contributed by atoms with van der Waals surface area (Å²) in [6, 6.07) is 8.77. The molecule has 0 spiro atoms. The van der Waals surface area contributed by atoms with Crippen molar-refractivity contribution in [2.75, 3.05) is 16.0 Å². The summed E-state index contributed by atoms with van der Waals surface area (Å²) in [4.78, 5) is 27.2. The molecule has 10 nitrogen and oxygen atoms in total. The molecule has 14 heteroatoms. The Kier molecular flexibility index (Phi) is 7.45. The largest absolute Gasteiger partial charge is 0.384 e. The number of ketones is 1. The van der Waals surface area contributed by atoms with Crippen molar-refractivity contribution >= 4 is 68.9 Å². The summed E-state index contributed by atoms with van der Waals surface area (Å²) < 4.78 is 5.47. The number of hydrogen-bond donors (Lipinski definition) is 2. The van der Waals surface area contributed by atoms with Gasteiger partial charge in [0.2, 0.25) is 11.0 Å². The van der Waals surface area contributed by atoms with E-state index in [9.17, 15) is 14.9 Å². The predicted octanol–water partition coefficient (Wildman–Crippen LogP) is 5.18. The number of carbonyl (C=O) groups is 2. The number of aryl methyl sites for hydroxylation is 1. The summed E-state index contributed by atoms with van der Waals surface area (Å²) in [5, 5.41) is 26.2. The van der Waals surface area contributed by atoms with Gasteiger partial charge in [0, 0.05) is 33.8 Å². The molecular weight excluding hydrogens is 569 g/mol. The first-order valence-electron chi connectivity index (χ1n) is 11.4. The third-order valence-electron chi connectivity index (χ3n) is 6.00. The van der Waals surface area contributed by atoms with Gasteiger partial charge in [-0.15, -0.1) is 10.2 Å². The van der Waals surface area contributed by atoms with Gasteiger partial charge in [-0.1, -0.05) is 57.5 Å². The SMILES string of the molecule is Cc1cc(NC(=O)CSc2nnc(N3C(N)=C(C#N)C(c4ccc(Cl)cc4Cl)C4=C3CCCC4=O)s2)no1. The molecule has 2 aliphatic rings. The lowest BCUT2D eigenvalue weighted by Gasteiger charge is -2.38. The molecule has 0 saturated carbocycles. The number of nitriles is 1. The average Bonchev–Trinajstić information content (AvgIpc) is 3.51. The molecule has 3 N–H and O–H groups in total. The quantitative estimate of drug-likeness (QED) is 0.369. The van der Waals surface area contributed by atoms with Gasteiger partial charge in [0.1, 0.15) is 11.6 Å². The summed E-state index contributed by atoms with van der Waals surface area (Å²) in [6.45, 7) is 1.73. The maximum absolute atomic E-state index is 13.3. The van der Waals surface area contributed by atoms with Crippen molar-refractivity contribution in [1.82, 2.24) is 15.4 Å². The number of halogens is 2. The van der Waals surface area contributed by atoms with E-state index in [2.05, 4.69) is 26.7 Å². The number of aromatic nitrogens is 3. The average molecular weight is 589 g/mol. The second kappa shape index (κ2) is 10.8. The normalized spacial score (nSPS) is 17.5. The van der Waals surface area contributed by atoms with E-state index < -0.39 is 5.92 Å². The van der Waals surface area contributed by atoms with Crippen molar-refractivity contribution in [3.63, 3.8) is 0 Å². The van der Waals surface area contributed by atoms with Crippen molar-refractivity contribution in [3.8, 4) is 6.07 Å². The van der Waals surface area contributed by atoms with E-state index in [0.29, 0.717) is 67.2 Å². The Morgan fingerprint density at radius 3 is 2.87 bits per heavy atom. The first kappa shape index (κ1) is 26.2. The molecule has 2 aromatic heterocycles. The van der Waals surface area contributed by atoms with Gasteiger partial charge in [0.05, 0.1) is 23.3 Å². The molecule has 3 aromatic rings. The number of amides is 1. The standard InChI is InChI=1S/C24H19Cl2N7O3S2/c1-11-7-18(32-36-11)29-19(35)10-37-24-31-30-23(38-24)33-16-3-2-4-17(34)21(16)20(14(9-27)22(33)28)13-6-5-12(25)8-15(13)26/h5-8,20H,2-4,10,28H2,1H3,(H,29,32,35). The third-order valence-corrected chi connectivity index (χ3v) is 8.60. The van der Waals surface area contributed by atoms with Gasteiger partial charge >= 0.3 is 0 Å². The highest BCUT2D eigenvalue weighted by Gasteiger charge is 2.42. The topological polar surface area (TPSA) is 151 Å². The second-order valence-electron chi connectivity index (χ2n) is 8.49. The van der Waals surface area contributed by atoms with Crippen LogP contribution in [0.15, 0.2) is 55.8 Å². The van der Waals surface area contributed by atoms with Crippen LogP contribution < -0.4 is 16.0 Å². The number of nitrogens with one attached hydrogen (secondary N) is 1. The van der Waals surface area contributed by atoms with Gasteiger partial charge in [-0.05, 0) is 37.5 Å².